The number of para-hydroxylation sites is 1. The van der Waals surface area contributed by atoms with Gasteiger partial charge in [0.15, 0.2) is 17.5 Å². The Kier molecular flexibility index (Phi) is 6.52. The highest BCUT2D eigenvalue weighted by molar-refractivity contribution is 6.20. The molecule has 0 bridgehead atoms. The minimum atomic E-state index is 0.632. The van der Waals surface area contributed by atoms with E-state index in [2.05, 4.69) is 140 Å². The summed E-state index contributed by atoms with van der Waals surface area (Å²) in [6.07, 6.45) is 0. The molecule has 0 aliphatic heterocycles. The first-order valence-electron chi connectivity index (χ1n) is 17.8. The molecular weight excluding hydrogens is 647 g/mol. The van der Waals surface area contributed by atoms with E-state index in [0.29, 0.717) is 17.5 Å². The zero-order chi connectivity index (χ0) is 34.9. The van der Waals surface area contributed by atoms with Crippen LogP contribution in [0.4, 0.5) is 0 Å². The largest absolute Gasteiger partial charge is 0.456 e. The number of rotatable bonds is 4. The van der Waals surface area contributed by atoms with Crippen LogP contribution in [0, 0.1) is 0 Å². The van der Waals surface area contributed by atoms with Crippen molar-refractivity contribution in [1.29, 1.82) is 0 Å². The average molecular weight is 676 g/mol. The van der Waals surface area contributed by atoms with Crippen LogP contribution in [0.25, 0.3) is 110 Å². The first kappa shape index (κ1) is 29.5. The van der Waals surface area contributed by atoms with Crippen LogP contribution in [0.5, 0.6) is 0 Å². The summed E-state index contributed by atoms with van der Waals surface area (Å²) in [4.78, 5) is 15.3. The molecule has 4 nitrogen and oxygen atoms in total. The highest BCUT2D eigenvalue weighted by Crippen LogP contribution is 2.39. The predicted molar refractivity (Wildman–Crippen MR) is 219 cm³/mol. The van der Waals surface area contributed by atoms with Crippen molar-refractivity contribution in [3.05, 3.63) is 176 Å². The molecule has 2 aromatic heterocycles. The van der Waals surface area contributed by atoms with Crippen LogP contribution in [0.3, 0.4) is 0 Å². The second-order valence-electron chi connectivity index (χ2n) is 13.6. The van der Waals surface area contributed by atoms with Crippen LogP contribution in [0.1, 0.15) is 0 Å². The summed E-state index contributed by atoms with van der Waals surface area (Å²) >= 11 is 0. The molecular formula is C49H29N3O. The van der Waals surface area contributed by atoms with Crippen molar-refractivity contribution in [2.75, 3.05) is 0 Å². The van der Waals surface area contributed by atoms with Crippen molar-refractivity contribution in [2.24, 2.45) is 0 Å². The van der Waals surface area contributed by atoms with E-state index in [1.165, 1.54) is 32.3 Å². The van der Waals surface area contributed by atoms with Gasteiger partial charge in [0.05, 0.1) is 0 Å². The zero-order valence-corrected chi connectivity index (χ0v) is 28.5. The van der Waals surface area contributed by atoms with E-state index >= 15 is 0 Å². The molecule has 0 N–H and O–H groups in total. The first-order chi connectivity index (χ1) is 26.2. The van der Waals surface area contributed by atoms with Crippen molar-refractivity contribution >= 4 is 65.0 Å². The summed E-state index contributed by atoms with van der Waals surface area (Å²) in [5.41, 5.74) is 6.87. The second-order valence-corrected chi connectivity index (χ2v) is 13.6. The Hall–Kier alpha value is -7.17. The van der Waals surface area contributed by atoms with Crippen molar-refractivity contribution in [3.63, 3.8) is 0 Å². The van der Waals surface area contributed by atoms with Gasteiger partial charge in [0.25, 0.3) is 0 Å². The van der Waals surface area contributed by atoms with Crippen LogP contribution >= 0.6 is 0 Å². The third-order valence-electron chi connectivity index (χ3n) is 10.5. The number of hydrogen-bond donors (Lipinski definition) is 0. The molecule has 0 saturated carbocycles. The molecule has 11 rings (SSSR count). The van der Waals surface area contributed by atoms with Crippen molar-refractivity contribution in [3.8, 4) is 45.3 Å². The molecule has 0 aliphatic carbocycles. The molecule has 0 saturated heterocycles. The molecule has 0 radical (unpaired) electrons. The van der Waals surface area contributed by atoms with Gasteiger partial charge in [0.1, 0.15) is 11.2 Å². The molecule has 0 amide bonds. The van der Waals surface area contributed by atoms with Crippen LogP contribution in [-0.4, -0.2) is 15.0 Å². The maximum Gasteiger partial charge on any atom is 0.164 e. The molecule has 11 aromatic rings. The topological polar surface area (TPSA) is 51.8 Å². The van der Waals surface area contributed by atoms with Crippen LogP contribution in [-0.2, 0) is 0 Å². The molecule has 2 heterocycles. The fourth-order valence-electron chi connectivity index (χ4n) is 7.88. The summed E-state index contributed by atoms with van der Waals surface area (Å²) in [6, 6.07) is 61.7. The second kappa shape index (κ2) is 11.7. The molecule has 0 fully saturated rings. The molecule has 246 valence electrons. The number of benzene rings is 9. The van der Waals surface area contributed by atoms with E-state index < -0.39 is 0 Å². The number of hydrogen-bond acceptors (Lipinski definition) is 4. The fourth-order valence-corrected chi connectivity index (χ4v) is 7.88. The predicted octanol–water partition coefficient (Wildman–Crippen LogP) is 13.1. The van der Waals surface area contributed by atoms with Gasteiger partial charge in [-0.2, -0.15) is 0 Å². The molecule has 53 heavy (non-hydrogen) atoms. The van der Waals surface area contributed by atoms with Gasteiger partial charge in [-0.3, -0.25) is 0 Å². The van der Waals surface area contributed by atoms with Gasteiger partial charge in [0, 0.05) is 27.5 Å². The van der Waals surface area contributed by atoms with Gasteiger partial charge in [-0.25, -0.2) is 15.0 Å². The van der Waals surface area contributed by atoms with Gasteiger partial charge < -0.3 is 4.42 Å². The summed E-state index contributed by atoms with van der Waals surface area (Å²) in [6.45, 7) is 0. The maximum absolute atomic E-state index is 6.22. The third kappa shape index (κ3) is 4.88. The highest BCUT2D eigenvalue weighted by atomic mass is 16.3. The van der Waals surface area contributed by atoms with Gasteiger partial charge in [-0.05, 0) is 84.5 Å². The van der Waals surface area contributed by atoms with Crippen LogP contribution in [0.2, 0.25) is 0 Å². The Balaban J connectivity index is 1.09. The summed E-state index contributed by atoms with van der Waals surface area (Å²) < 4.78 is 6.22. The normalized spacial score (nSPS) is 11.8. The number of fused-ring (bicyclic) bond motifs is 9. The van der Waals surface area contributed by atoms with Crippen molar-refractivity contribution in [2.45, 2.75) is 0 Å². The quantitative estimate of drug-likeness (QED) is 0.174. The molecule has 4 heteroatoms. The Bertz CT molecular complexity index is 3230. The zero-order valence-electron chi connectivity index (χ0n) is 28.5. The molecule has 0 atom stereocenters. The standard InChI is InChI=1S/C49H29N3O/c1-2-10-34(11-3-1)47-50-48(52-49(51-47)37-26-21-32-20-23-33-22-19-31-9-4-5-12-39(31)45(33)42(32)29-37)36-25-18-30-17-24-35(27-38(30)28-36)40-14-8-16-44-46(40)41-13-6-7-15-43(41)53-44/h1-29H. The van der Waals surface area contributed by atoms with E-state index in [1.807, 2.05) is 36.4 Å². The van der Waals surface area contributed by atoms with Gasteiger partial charge in [-0.15, -0.1) is 0 Å². The Morgan fingerprint density at radius 3 is 1.68 bits per heavy atom. The maximum atomic E-state index is 6.22. The Morgan fingerprint density at radius 2 is 0.868 bits per heavy atom. The van der Waals surface area contributed by atoms with Gasteiger partial charge >= 0.3 is 0 Å². The highest BCUT2D eigenvalue weighted by Gasteiger charge is 2.16. The lowest BCUT2D eigenvalue weighted by atomic mass is 9.95. The van der Waals surface area contributed by atoms with E-state index in [-0.39, 0.29) is 0 Å². The fraction of sp³-hybridized carbons (Fsp3) is 0. The molecule has 9 aromatic carbocycles. The number of nitrogens with zero attached hydrogens (tertiary/aromatic N) is 3. The SMILES string of the molecule is c1ccc(-c2nc(-c3ccc4ccc(-c5cccc6oc7ccccc7c56)cc4c3)nc(-c3ccc4ccc5ccc6ccccc6c5c4c3)n2)cc1. The van der Waals surface area contributed by atoms with Crippen LogP contribution < -0.4 is 0 Å². The minimum Gasteiger partial charge on any atom is -0.456 e. The van der Waals surface area contributed by atoms with E-state index in [4.69, 9.17) is 19.4 Å². The van der Waals surface area contributed by atoms with E-state index in [9.17, 15) is 0 Å². The Morgan fingerprint density at radius 1 is 0.302 bits per heavy atom. The smallest absolute Gasteiger partial charge is 0.164 e. The monoisotopic (exact) mass is 675 g/mol. The first-order valence-corrected chi connectivity index (χ1v) is 17.8. The van der Waals surface area contributed by atoms with Crippen LogP contribution in [0.15, 0.2) is 180 Å². The van der Waals surface area contributed by atoms with Crippen molar-refractivity contribution < 1.29 is 4.42 Å². The lowest BCUT2D eigenvalue weighted by Crippen LogP contribution is -2.00. The van der Waals surface area contributed by atoms with E-state index in [0.717, 1.165) is 60.5 Å². The molecule has 0 spiro atoms. The summed E-state index contributed by atoms with van der Waals surface area (Å²) in [5, 5.41) is 11.8. The summed E-state index contributed by atoms with van der Waals surface area (Å²) in [7, 11) is 0. The van der Waals surface area contributed by atoms with Gasteiger partial charge in [-0.1, -0.05) is 146 Å². The third-order valence-corrected chi connectivity index (χ3v) is 10.5. The van der Waals surface area contributed by atoms with E-state index in [1.54, 1.807) is 0 Å². The minimum absolute atomic E-state index is 0.632. The number of aromatic nitrogens is 3. The Labute approximate surface area is 304 Å². The van der Waals surface area contributed by atoms with Gasteiger partial charge in [0.2, 0.25) is 0 Å². The average Bonchev–Trinajstić information content (AvgIpc) is 3.62. The molecule has 0 aliphatic rings. The molecule has 0 unspecified atom stereocenters. The lowest BCUT2D eigenvalue weighted by molar-refractivity contribution is 0.669. The lowest BCUT2D eigenvalue weighted by Gasteiger charge is -2.12. The summed E-state index contributed by atoms with van der Waals surface area (Å²) in [5.74, 6) is 1.91. The number of furan rings is 1. The van der Waals surface area contributed by atoms with Crippen molar-refractivity contribution in [1.82, 2.24) is 15.0 Å².